The van der Waals surface area contributed by atoms with Crippen molar-refractivity contribution < 1.29 is 14.4 Å². The topological polar surface area (TPSA) is 106 Å². The molecule has 0 aliphatic rings. The molecule has 2 aromatic heterocycles. The van der Waals surface area contributed by atoms with Gasteiger partial charge < -0.3 is 19.7 Å². The summed E-state index contributed by atoms with van der Waals surface area (Å²) in [4.78, 5) is 3.88. The predicted octanol–water partition coefficient (Wildman–Crippen LogP) is -0.507. The van der Waals surface area contributed by atoms with Crippen LogP contribution in [0.3, 0.4) is 0 Å². The Morgan fingerprint density at radius 2 is 2.50 bits per heavy atom. The SMILES string of the molecule is OC(CNCCc1ncno1)COc1cnsn1. The zero-order chi connectivity index (χ0) is 12.6. The first-order valence-corrected chi connectivity index (χ1v) is 6.12. The van der Waals surface area contributed by atoms with Crippen molar-refractivity contribution in [3.05, 3.63) is 18.4 Å². The number of hydrogen-bond acceptors (Lipinski definition) is 9. The standard InChI is InChI=1S/C9H13N5O3S/c15-7(5-16-9-4-13-18-14-9)3-10-2-1-8-11-6-12-17-8/h4,6-7,10,15H,1-3,5H2. The van der Waals surface area contributed by atoms with Crippen LogP contribution in [-0.4, -0.2) is 49.8 Å². The highest BCUT2D eigenvalue weighted by atomic mass is 32.1. The largest absolute Gasteiger partial charge is 0.473 e. The van der Waals surface area contributed by atoms with Gasteiger partial charge in [-0.1, -0.05) is 5.16 Å². The third-order valence-electron chi connectivity index (χ3n) is 2.07. The number of hydrogen-bond donors (Lipinski definition) is 2. The van der Waals surface area contributed by atoms with E-state index in [2.05, 4.69) is 24.2 Å². The van der Waals surface area contributed by atoms with Crippen molar-refractivity contribution in [2.24, 2.45) is 0 Å². The maximum Gasteiger partial charge on any atom is 0.245 e. The van der Waals surface area contributed by atoms with E-state index in [1.54, 1.807) is 0 Å². The zero-order valence-electron chi connectivity index (χ0n) is 9.52. The van der Waals surface area contributed by atoms with Crippen LogP contribution in [0.1, 0.15) is 5.89 Å². The number of rotatable bonds is 8. The Morgan fingerprint density at radius 3 is 3.22 bits per heavy atom. The van der Waals surface area contributed by atoms with Crippen LogP contribution >= 0.6 is 11.7 Å². The molecule has 2 rings (SSSR count). The number of nitrogens with zero attached hydrogens (tertiary/aromatic N) is 4. The molecule has 0 spiro atoms. The minimum atomic E-state index is -0.602. The van der Waals surface area contributed by atoms with Crippen LogP contribution in [0.25, 0.3) is 0 Å². The van der Waals surface area contributed by atoms with Crippen molar-refractivity contribution in [2.75, 3.05) is 19.7 Å². The van der Waals surface area contributed by atoms with Crippen LogP contribution in [0.15, 0.2) is 17.0 Å². The van der Waals surface area contributed by atoms with Gasteiger partial charge in [-0.05, 0) is 0 Å². The summed E-state index contributed by atoms with van der Waals surface area (Å²) in [5, 5.41) is 16.2. The Morgan fingerprint density at radius 1 is 1.56 bits per heavy atom. The molecule has 98 valence electrons. The fourth-order valence-electron chi connectivity index (χ4n) is 1.23. The summed E-state index contributed by atoms with van der Waals surface area (Å²) in [5.74, 6) is 1.01. The molecule has 0 aromatic carbocycles. The average Bonchev–Trinajstić information content (AvgIpc) is 3.04. The fourth-order valence-corrected chi connectivity index (χ4v) is 1.60. The molecular formula is C9H13N5O3S. The lowest BCUT2D eigenvalue weighted by atomic mass is 10.3. The second-order valence-corrected chi connectivity index (χ2v) is 4.06. The number of ether oxygens (including phenoxy) is 1. The van der Waals surface area contributed by atoms with Gasteiger partial charge in [-0.2, -0.15) is 9.36 Å². The van der Waals surface area contributed by atoms with Crippen molar-refractivity contribution in [1.82, 2.24) is 24.2 Å². The second-order valence-electron chi connectivity index (χ2n) is 3.50. The summed E-state index contributed by atoms with van der Waals surface area (Å²) >= 11 is 1.07. The Labute approximate surface area is 107 Å². The molecule has 0 fully saturated rings. The molecule has 2 aromatic rings. The molecule has 0 aliphatic heterocycles. The molecule has 0 saturated carbocycles. The van der Waals surface area contributed by atoms with Gasteiger partial charge in [-0.15, -0.1) is 4.37 Å². The highest BCUT2D eigenvalue weighted by Gasteiger charge is 2.06. The predicted molar refractivity (Wildman–Crippen MR) is 62.3 cm³/mol. The Balaban J connectivity index is 1.53. The molecule has 1 unspecified atom stereocenters. The van der Waals surface area contributed by atoms with Crippen LogP contribution in [0.2, 0.25) is 0 Å². The van der Waals surface area contributed by atoms with Crippen LogP contribution in [0, 0.1) is 0 Å². The lowest BCUT2D eigenvalue weighted by Gasteiger charge is -2.11. The van der Waals surface area contributed by atoms with E-state index in [1.165, 1.54) is 12.5 Å². The molecule has 0 bridgehead atoms. The summed E-state index contributed by atoms with van der Waals surface area (Å²) in [6, 6.07) is 0. The summed E-state index contributed by atoms with van der Waals surface area (Å²) in [6.45, 7) is 1.25. The molecular weight excluding hydrogens is 258 g/mol. The smallest absolute Gasteiger partial charge is 0.245 e. The fraction of sp³-hybridized carbons (Fsp3) is 0.556. The average molecular weight is 271 g/mol. The van der Waals surface area contributed by atoms with E-state index in [-0.39, 0.29) is 6.61 Å². The first kappa shape index (κ1) is 12.9. The van der Waals surface area contributed by atoms with Crippen molar-refractivity contribution in [3.63, 3.8) is 0 Å². The van der Waals surface area contributed by atoms with Crippen LogP contribution < -0.4 is 10.1 Å². The highest BCUT2D eigenvalue weighted by Crippen LogP contribution is 2.04. The first-order valence-electron chi connectivity index (χ1n) is 5.39. The normalized spacial score (nSPS) is 12.5. The van der Waals surface area contributed by atoms with E-state index in [1.807, 2.05) is 0 Å². The Bertz CT molecular complexity index is 421. The van der Waals surface area contributed by atoms with Gasteiger partial charge in [0, 0.05) is 19.5 Å². The van der Waals surface area contributed by atoms with Gasteiger partial charge in [0.1, 0.15) is 18.9 Å². The van der Waals surface area contributed by atoms with Crippen molar-refractivity contribution in [3.8, 4) is 5.88 Å². The van der Waals surface area contributed by atoms with Crippen LogP contribution in [0.4, 0.5) is 0 Å². The monoisotopic (exact) mass is 271 g/mol. The lowest BCUT2D eigenvalue weighted by Crippen LogP contribution is -2.32. The van der Waals surface area contributed by atoms with Crippen LogP contribution in [0.5, 0.6) is 5.88 Å². The quantitative estimate of drug-likeness (QED) is 0.618. The third-order valence-corrected chi connectivity index (χ3v) is 2.53. The van der Waals surface area contributed by atoms with Crippen molar-refractivity contribution >= 4 is 11.7 Å². The lowest BCUT2D eigenvalue weighted by molar-refractivity contribution is 0.104. The van der Waals surface area contributed by atoms with Gasteiger partial charge in [-0.3, -0.25) is 0 Å². The van der Waals surface area contributed by atoms with Crippen molar-refractivity contribution in [1.29, 1.82) is 0 Å². The Kier molecular flexibility index (Phi) is 5.00. The molecule has 2 heterocycles. The third kappa shape index (κ3) is 4.35. The molecule has 9 heteroatoms. The minimum Gasteiger partial charge on any atom is -0.473 e. The van der Waals surface area contributed by atoms with Crippen molar-refractivity contribution in [2.45, 2.75) is 12.5 Å². The number of aromatic nitrogens is 4. The Hall–Kier alpha value is -1.58. The van der Waals surface area contributed by atoms with Gasteiger partial charge in [0.15, 0.2) is 6.33 Å². The molecule has 8 nitrogen and oxygen atoms in total. The van der Waals surface area contributed by atoms with E-state index in [9.17, 15) is 5.11 Å². The van der Waals surface area contributed by atoms with E-state index in [0.717, 1.165) is 11.7 Å². The van der Waals surface area contributed by atoms with Gasteiger partial charge in [0.2, 0.25) is 11.8 Å². The number of nitrogens with one attached hydrogen (secondary N) is 1. The molecule has 0 radical (unpaired) electrons. The maximum atomic E-state index is 9.62. The van der Waals surface area contributed by atoms with Gasteiger partial charge in [0.05, 0.1) is 11.7 Å². The molecule has 18 heavy (non-hydrogen) atoms. The molecule has 2 N–H and O–H groups in total. The number of aliphatic hydroxyl groups is 1. The highest BCUT2D eigenvalue weighted by molar-refractivity contribution is 6.99. The number of aliphatic hydroxyl groups excluding tert-OH is 1. The van der Waals surface area contributed by atoms with E-state index >= 15 is 0 Å². The van der Waals surface area contributed by atoms with E-state index < -0.39 is 6.10 Å². The summed E-state index contributed by atoms with van der Waals surface area (Å²) in [5.41, 5.74) is 0. The maximum absolute atomic E-state index is 9.62. The summed E-state index contributed by atoms with van der Waals surface area (Å²) in [6.07, 6.45) is 2.90. The van der Waals surface area contributed by atoms with E-state index in [4.69, 9.17) is 9.26 Å². The zero-order valence-corrected chi connectivity index (χ0v) is 10.3. The summed E-state index contributed by atoms with van der Waals surface area (Å²) in [7, 11) is 0. The van der Waals surface area contributed by atoms with Gasteiger partial charge in [0.25, 0.3) is 0 Å². The molecule has 0 saturated heterocycles. The van der Waals surface area contributed by atoms with Gasteiger partial charge in [-0.25, -0.2) is 0 Å². The summed E-state index contributed by atoms with van der Waals surface area (Å²) < 4.78 is 17.7. The first-order chi connectivity index (χ1) is 8.84. The van der Waals surface area contributed by atoms with Gasteiger partial charge >= 0.3 is 0 Å². The van der Waals surface area contributed by atoms with Crippen LogP contribution in [-0.2, 0) is 6.42 Å². The molecule has 1 atom stereocenters. The second kappa shape index (κ2) is 6.99. The van der Waals surface area contributed by atoms with E-state index in [0.29, 0.717) is 31.3 Å². The molecule has 0 amide bonds. The minimum absolute atomic E-state index is 0.180. The molecule has 0 aliphatic carbocycles.